The molecule has 0 radical (unpaired) electrons. The molecule has 1 fully saturated rings. The Bertz CT molecular complexity index is 816. The summed E-state index contributed by atoms with van der Waals surface area (Å²) in [4.78, 5) is 12.6. The van der Waals surface area contributed by atoms with Crippen LogP contribution in [-0.2, 0) is 9.53 Å². The van der Waals surface area contributed by atoms with Crippen LogP contribution in [0.15, 0.2) is 48.5 Å². The van der Waals surface area contributed by atoms with Crippen LogP contribution in [0.5, 0.6) is 5.75 Å². The summed E-state index contributed by atoms with van der Waals surface area (Å²) in [5, 5.41) is 5.57. The number of carbonyl (C=O) groups excluding carboxylic acids is 1. The molecule has 1 aliphatic heterocycles. The highest BCUT2D eigenvalue weighted by Crippen LogP contribution is 2.46. The summed E-state index contributed by atoms with van der Waals surface area (Å²) >= 11 is 0. The lowest BCUT2D eigenvalue weighted by molar-refractivity contribution is -0.237. The molecule has 0 saturated carbocycles. The SMILES string of the molecule is COc1ccc(Nc2cccc(NC(=O)C3(C(F)(F)F)CCOCC3)c2)cc1. The molecule has 0 spiro atoms. The first-order valence-corrected chi connectivity index (χ1v) is 8.81. The Labute approximate surface area is 160 Å². The van der Waals surface area contributed by atoms with Gasteiger partial charge in [-0.3, -0.25) is 4.79 Å². The number of amides is 1. The van der Waals surface area contributed by atoms with Crippen molar-refractivity contribution in [3.05, 3.63) is 48.5 Å². The van der Waals surface area contributed by atoms with Crippen molar-refractivity contribution in [1.29, 1.82) is 0 Å². The third kappa shape index (κ3) is 4.22. The van der Waals surface area contributed by atoms with E-state index in [0.717, 1.165) is 5.69 Å². The van der Waals surface area contributed by atoms with Gasteiger partial charge in [0.15, 0.2) is 0 Å². The summed E-state index contributed by atoms with van der Waals surface area (Å²) in [7, 11) is 1.57. The maximum Gasteiger partial charge on any atom is 0.403 e. The molecule has 2 aromatic carbocycles. The highest BCUT2D eigenvalue weighted by molar-refractivity contribution is 5.96. The molecule has 1 heterocycles. The number of benzene rings is 2. The van der Waals surface area contributed by atoms with Gasteiger partial charge in [-0.1, -0.05) is 6.07 Å². The van der Waals surface area contributed by atoms with Crippen LogP contribution in [0, 0.1) is 5.41 Å². The van der Waals surface area contributed by atoms with E-state index in [2.05, 4.69) is 10.6 Å². The predicted octanol–water partition coefficient (Wildman–Crippen LogP) is 4.74. The summed E-state index contributed by atoms with van der Waals surface area (Å²) in [6.07, 6.45) is -5.40. The van der Waals surface area contributed by atoms with Gasteiger partial charge in [0, 0.05) is 30.3 Å². The molecule has 1 aliphatic rings. The van der Waals surface area contributed by atoms with E-state index in [1.54, 1.807) is 43.5 Å². The molecule has 3 rings (SSSR count). The number of nitrogens with one attached hydrogen (secondary N) is 2. The smallest absolute Gasteiger partial charge is 0.403 e. The fourth-order valence-corrected chi connectivity index (χ4v) is 3.13. The number of rotatable bonds is 5. The standard InChI is InChI=1S/C20H21F3N2O3/c1-27-17-7-5-14(6-8-17)24-15-3-2-4-16(13-15)25-18(26)19(20(21,22)23)9-11-28-12-10-19/h2-8,13,24H,9-12H2,1H3,(H,25,26). The van der Waals surface area contributed by atoms with E-state index in [1.807, 2.05) is 12.1 Å². The second kappa shape index (κ2) is 8.10. The van der Waals surface area contributed by atoms with E-state index in [4.69, 9.17) is 9.47 Å². The van der Waals surface area contributed by atoms with Gasteiger partial charge in [0.2, 0.25) is 5.91 Å². The molecule has 0 atom stereocenters. The highest BCUT2D eigenvalue weighted by atomic mass is 19.4. The Morgan fingerprint density at radius 1 is 1.04 bits per heavy atom. The van der Waals surface area contributed by atoms with E-state index >= 15 is 0 Å². The van der Waals surface area contributed by atoms with Crippen molar-refractivity contribution in [3.63, 3.8) is 0 Å². The zero-order valence-corrected chi connectivity index (χ0v) is 15.3. The van der Waals surface area contributed by atoms with Gasteiger partial charge in [-0.2, -0.15) is 13.2 Å². The Morgan fingerprint density at radius 3 is 2.29 bits per heavy atom. The Balaban J connectivity index is 1.75. The summed E-state index contributed by atoms with van der Waals surface area (Å²) < 4.78 is 51.0. The van der Waals surface area contributed by atoms with E-state index in [-0.39, 0.29) is 26.1 Å². The quantitative estimate of drug-likeness (QED) is 0.769. The normalized spacial score (nSPS) is 16.3. The monoisotopic (exact) mass is 394 g/mol. The Kier molecular flexibility index (Phi) is 5.79. The van der Waals surface area contributed by atoms with Crippen molar-refractivity contribution in [2.45, 2.75) is 19.0 Å². The van der Waals surface area contributed by atoms with Crippen LogP contribution in [-0.4, -0.2) is 32.4 Å². The molecule has 2 N–H and O–H groups in total. The van der Waals surface area contributed by atoms with Crippen LogP contribution < -0.4 is 15.4 Å². The van der Waals surface area contributed by atoms with E-state index in [9.17, 15) is 18.0 Å². The van der Waals surface area contributed by atoms with Crippen molar-refractivity contribution < 1.29 is 27.4 Å². The van der Waals surface area contributed by atoms with Crippen LogP contribution in [0.25, 0.3) is 0 Å². The molecule has 0 aliphatic carbocycles. The van der Waals surface area contributed by atoms with Crippen LogP contribution >= 0.6 is 0 Å². The molecule has 8 heteroatoms. The molecule has 28 heavy (non-hydrogen) atoms. The first kappa shape index (κ1) is 20.0. The van der Waals surface area contributed by atoms with E-state index in [1.165, 1.54) is 0 Å². The van der Waals surface area contributed by atoms with Gasteiger partial charge in [0.1, 0.15) is 11.2 Å². The largest absolute Gasteiger partial charge is 0.497 e. The van der Waals surface area contributed by atoms with E-state index in [0.29, 0.717) is 17.1 Å². The molecular formula is C20H21F3N2O3. The molecule has 0 bridgehead atoms. The molecule has 1 amide bonds. The lowest BCUT2D eigenvalue weighted by Gasteiger charge is -2.37. The minimum atomic E-state index is -4.64. The number of hydrogen-bond acceptors (Lipinski definition) is 4. The van der Waals surface area contributed by atoms with Crippen molar-refractivity contribution in [3.8, 4) is 5.75 Å². The molecular weight excluding hydrogens is 373 g/mol. The van der Waals surface area contributed by atoms with Crippen molar-refractivity contribution in [1.82, 2.24) is 0 Å². The third-order valence-corrected chi connectivity index (χ3v) is 4.82. The van der Waals surface area contributed by atoms with Gasteiger partial charge in [-0.15, -0.1) is 0 Å². The predicted molar refractivity (Wildman–Crippen MR) is 99.9 cm³/mol. The fourth-order valence-electron chi connectivity index (χ4n) is 3.13. The van der Waals surface area contributed by atoms with Crippen LogP contribution in [0.2, 0.25) is 0 Å². The van der Waals surface area contributed by atoms with Gasteiger partial charge in [-0.05, 0) is 55.3 Å². The van der Waals surface area contributed by atoms with Crippen LogP contribution in [0.3, 0.4) is 0 Å². The molecule has 2 aromatic rings. The minimum Gasteiger partial charge on any atom is -0.497 e. The average Bonchev–Trinajstić information content (AvgIpc) is 2.68. The summed E-state index contributed by atoms with van der Waals surface area (Å²) in [6.45, 7) is -0.183. The lowest BCUT2D eigenvalue weighted by Crippen LogP contribution is -2.51. The summed E-state index contributed by atoms with van der Waals surface area (Å²) in [6, 6.07) is 13.7. The van der Waals surface area contributed by atoms with Crippen LogP contribution in [0.1, 0.15) is 12.8 Å². The van der Waals surface area contributed by atoms with Gasteiger partial charge < -0.3 is 20.1 Å². The average molecular weight is 394 g/mol. The maximum absolute atomic E-state index is 13.6. The summed E-state index contributed by atoms with van der Waals surface area (Å²) in [5.74, 6) is -0.342. The first-order valence-electron chi connectivity index (χ1n) is 8.81. The Morgan fingerprint density at radius 2 is 1.68 bits per heavy atom. The number of alkyl halides is 3. The molecule has 150 valence electrons. The zero-order valence-electron chi connectivity index (χ0n) is 15.3. The Hall–Kier alpha value is -2.74. The fraction of sp³-hybridized carbons (Fsp3) is 0.350. The second-order valence-electron chi connectivity index (χ2n) is 6.58. The van der Waals surface area contributed by atoms with Gasteiger partial charge in [0.05, 0.1) is 7.11 Å². The molecule has 5 nitrogen and oxygen atoms in total. The van der Waals surface area contributed by atoms with Crippen molar-refractivity contribution in [2.75, 3.05) is 31.0 Å². The number of anilines is 3. The number of carbonyl (C=O) groups is 1. The number of ether oxygens (including phenoxy) is 2. The van der Waals surface area contributed by atoms with Gasteiger partial charge in [0.25, 0.3) is 0 Å². The second-order valence-corrected chi connectivity index (χ2v) is 6.58. The third-order valence-electron chi connectivity index (χ3n) is 4.82. The van der Waals surface area contributed by atoms with Gasteiger partial charge >= 0.3 is 6.18 Å². The lowest BCUT2D eigenvalue weighted by atomic mass is 9.78. The zero-order chi connectivity index (χ0) is 20.2. The number of methoxy groups -OCH3 is 1. The summed E-state index contributed by atoms with van der Waals surface area (Å²) in [5.41, 5.74) is -0.722. The number of halogens is 3. The van der Waals surface area contributed by atoms with Gasteiger partial charge in [-0.25, -0.2) is 0 Å². The molecule has 1 saturated heterocycles. The minimum absolute atomic E-state index is 0.0913. The van der Waals surface area contributed by atoms with Crippen LogP contribution in [0.4, 0.5) is 30.2 Å². The highest BCUT2D eigenvalue weighted by Gasteiger charge is 2.60. The van der Waals surface area contributed by atoms with Crippen molar-refractivity contribution in [2.24, 2.45) is 5.41 Å². The van der Waals surface area contributed by atoms with E-state index < -0.39 is 17.5 Å². The molecule has 0 unspecified atom stereocenters. The maximum atomic E-state index is 13.6. The topological polar surface area (TPSA) is 59.6 Å². The number of hydrogen-bond donors (Lipinski definition) is 2. The first-order chi connectivity index (χ1) is 13.3. The molecule has 0 aromatic heterocycles. The van der Waals surface area contributed by atoms with Crippen molar-refractivity contribution >= 4 is 23.0 Å².